The van der Waals surface area contributed by atoms with Crippen molar-refractivity contribution >= 4 is 17.9 Å². The first-order valence-electron chi connectivity index (χ1n) is 36.8. The average Bonchev–Trinajstić information content (AvgIpc) is 3.47. The van der Waals surface area contributed by atoms with Gasteiger partial charge < -0.3 is 14.2 Å². The maximum absolute atomic E-state index is 13.0. The number of ether oxygens (including phenoxy) is 3. The van der Waals surface area contributed by atoms with Gasteiger partial charge in [-0.05, 0) is 70.6 Å². The molecule has 0 saturated heterocycles. The lowest BCUT2D eigenvalue weighted by Crippen LogP contribution is -2.30. The fourth-order valence-corrected chi connectivity index (χ4v) is 11.4. The van der Waals surface area contributed by atoms with Crippen molar-refractivity contribution < 1.29 is 28.6 Å². The highest BCUT2D eigenvalue weighted by Crippen LogP contribution is 2.19. The van der Waals surface area contributed by atoms with Gasteiger partial charge in [0, 0.05) is 19.3 Å². The van der Waals surface area contributed by atoms with Gasteiger partial charge in [-0.3, -0.25) is 14.4 Å². The summed E-state index contributed by atoms with van der Waals surface area (Å²) in [6.45, 7) is 6.73. The lowest BCUT2D eigenvalue weighted by molar-refractivity contribution is -0.167. The number of unbranched alkanes of at least 4 members (excludes halogenated alkanes) is 54. The van der Waals surface area contributed by atoms with Crippen molar-refractivity contribution in [2.45, 2.75) is 425 Å². The standard InChI is InChI=1S/C75H142O6/c1-4-7-10-13-16-19-22-25-28-31-34-36-37-39-41-44-47-50-53-56-59-62-65-68-74(77)80-71-72(70-79-73(76)67-64-61-58-55-52-49-46-43-40-33-30-27-24-21-18-15-12-9-6-3)81-75(78)69-66-63-60-57-54-51-48-45-42-38-35-32-29-26-23-20-17-14-11-8-5-2/h27,30-31,34,72H,4-26,28-29,32-33,35-71H2,1-3H3/b30-27-,34-31-. The Labute approximate surface area is 506 Å². The van der Waals surface area contributed by atoms with Crippen LogP contribution in [-0.4, -0.2) is 37.2 Å². The molecule has 0 radical (unpaired) electrons. The Morgan fingerprint density at radius 3 is 0.617 bits per heavy atom. The van der Waals surface area contributed by atoms with Gasteiger partial charge in [0.2, 0.25) is 0 Å². The molecule has 0 amide bonds. The Hall–Kier alpha value is -2.11. The van der Waals surface area contributed by atoms with Crippen LogP contribution < -0.4 is 0 Å². The Kier molecular flexibility index (Phi) is 68.5. The summed E-state index contributed by atoms with van der Waals surface area (Å²) < 4.78 is 17.0. The molecule has 0 rings (SSSR count). The van der Waals surface area contributed by atoms with Gasteiger partial charge in [-0.1, -0.05) is 353 Å². The fourth-order valence-electron chi connectivity index (χ4n) is 11.4. The molecule has 0 aromatic carbocycles. The van der Waals surface area contributed by atoms with Crippen LogP contribution in [0.25, 0.3) is 0 Å². The average molecular weight is 1140 g/mol. The zero-order chi connectivity index (χ0) is 58.5. The molecule has 0 aromatic heterocycles. The fraction of sp³-hybridized carbons (Fsp3) is 0.907. The second-order valence-corrected chi connectivity index (χ2v) is 25.2. The van der Waals surface area contributed by atoms with Gasteiger partial charge in [0.25, 0.3) is 0 Å². The molecule has 0 aliphatic rings. The van der Waals surface area contributed by atoms with Crippen molar-refractivity contribution in [3.8, 4) is 0 Å². The topological polar surface area (TPSA) is 78.9 Å². The van der Waals surface area contributed by atoms with Crippen LogP contribution in [0.5, 0.6) is 0 Å². The van der Waals surface area contributed by atoms with E-state index in [1.54, 1.807) is 0 Å². The first-order chi connectivity index (χ1) is 40.0. The monoisotopic (exact) mass is 1140 g/mol. The Morgan fingerprint density at radius 1 is 0.235 bits per heavy atom. The molecule has 0 N–H and O–H groups in total. The highest BCUT2D eigenvalue weighted by molar-refractivity contribution is 5.71. The van der Waals surface area contributed by atoms with Crippen molar-refractivity contribution in [3.05, 3.63) is 24.3 Å². The number of rotatable bonds is 69. The maximum atomic E-state index is 13.0. The summed E-state index contributed by atoms with van der Waals surface area (Å²) in [6, 6.07) is 0. The summed E-state index contributed by atoms with van der Waals surface area (Å²) in [4.78, 5) is 38.5. The van der Waals surface area contributed by atoms with Crippen LogP contribution in [0.1, 0.15) is 419 Å². The van der Waals surface area contributed by atoms with E-state index in [0.29, 0.717) is 19.3 Å². The second-order valence-electron chi connectivity index (χ2n) is 25.2. The lowest BCUT2D eigenvalue weighted by Gasteiger charge is -2.18. The maximum Gasteiger partial charge on any atom is 0.306 e. The van der Waals surface area contributed by atoms with Gasteiger partial charge in [0.05, 0.1) is 0 Å². The minimum atomic E-state index is -0.771. The molecule has 0 saturated carbocycles. The number of allylic oxidation sites excluding steroid dienone is 4. The summed E-state index contributed by atoms with van der Waals surface area (Å²) in [7, 11) is 0. The molecule has 0 aliphatic heterocycles. The molecular weight excluding hydrogens is 997 g/mol. The van der Waals surface area contributed by atoms with Crippen LogP contribution in [0.3, 0.4) is 0 Å². The van der Waals surface area contributed by atoms with E-state index < -0.39 is 6.10 Å². The largest absolute Gasteiger partial charge is 0.462 e. The van der Waals surface area contributed by atoms with Crippen molar-refractivity contribution in [2.75, 3.05) is 13.2 Å². The molecule has 0 spiro atoms. The van der Waals surface area contributed by atoms with Crippen LogP contribution in [0.15, 0.2) is 24.3 Å². The van der Waals surface area contributed by atoms with Crippen molar-refractivity contribution in [3.63, 3.8) is 0 Å². The second kappa shape index (κ2) is 70.4. The summed E-state index contributed by atoms with van der Waals surface area (Å²) in [5, 5.41) is 0. The zero-order valence-corrected chi connectivity index (χ0v) is 55.1. The molecule has 0 fully saturated rings. The third-order valence-corrected chi connectivity index (χ3v) is 16.9. The molecule has 0 bridgehead atoms. The minimum absolute atomic E-state index is 0.0663. The molecular formula is C75H142O6. The summed E-state index contributed by atoms with van der Waals surface area (Å²) in [5.74, 6) is -0.833. The number of carbonyl (C=O) groups excluding carboxylic acids is 3. The van der Waals surface area contributed by atoms with Crippen LogP contribution >= 0.6 is 0 Å². The van der Waals surface area contributed by atoms with Crippen LogP contribution in [-0.2, 0) is 28.6 Å². The molecule has 0 aromatic rings. The zero-order valence-electron chi connectivity index (χ0n) is 55.1. The third-order valence-electron chi connectivity index (χ3n) is 16.9. The van der Waals surface area contributed by atoms with Crippen LogP contribution in [0, 0.1) is 0 Å². The molecule has 1 atom stereocenters. The molecule has 0 aliphatic carbocycles. The normalized spacial score (nSPS) is 12.1. The van der Waals surface area contributed by atoms with E-state index in [0.717, 1.165) is 57.8 Å². The highest BCUT2D eigenvalue weighted by Gasteiger charge is 2.20. The van der Waals surface area contributed by atoms with E-state index in [-0.39, 0.29) is 31.1 Å². The van der Waals surface area contributed by atoms with E-state index >= 15 is 0 Å². The van der Waals surface area contributed by atoms with Gasteiger partial charge >= 0.3 is 17.9 Å². The predicted octanol–water partition coefficient (Wildman–Crippen LogP) is 25.3. The first kappa shape index (κ1) is 78.9. The van der Waals surface area contributed by atoms with E-state index in [1.165, 1.54) is 321 Å². The quantitative estimate of drug-likeness (QED) is 0.0261. The predicted molar refractivity (Wildman–Crippen MR) is 353 cm³/mol. The number of hydrogen-bond acceptors (Lipinski definition) is 6. The van der Waals surface area contributed by atoms with Crippen LogP contribution in [0.2, 0.25) is 0 Å². The highest BCUT2D eigenvalue weighted by atomic mass is 16.6. The van der Waals surface area contributed by atoms with Crippen molar-refractivity contribution in [1.29, 1.82) is 0 Å². The Morgan fingerprint density at radius 2 is 0.407 bits per heavy atom. The van der Waals surface area contributed by atoms with Gasteiger partial charge in [-0.15, -0.1) is 0 Å². The van der Waals surface area contributed by atoms with Gasteiger partial charge in [-0.25, -0.2) is 0 Å². The number of hydrogen-bond donors (Lipinski definition) is 0. The first-order valence-corrected chi connectivity index (χ1v) is 36.8. The van der Waals surface area contributed by atoms with Crippen molar-refractivity contribution in [1.82, 2.24) is 0 Å². The van der Waals surface area contributed by atoms with E-state index in [1.807, 2.05) is 0 Å². The summed E-state index contributed by atoms with van der Waals surface area (Å²) in [5.41, 5.74) is 0. The Bertz CT molecular complexity index is 1310. The summed E-state index contributed by atoms with van der Waals surface area (Å²) >= 11 is 0. The molecule has 478 valence electrons. The van der Waals surface area contributed by atoms with E-state index in [2.05, 4.69) is 45.1 Å². The molecule has 6 nitrogen and oxygen atoms in total. The molecule has 0 heterocycles. The van der Waals surface area contributed by atoms with Crippen molar-refractivity contribution in [2.24, 2.45) is 0 Å². The van der Waals surface area contributed by atoms with Crippen LogP contribution in [0.4, 0.5) is 0 Å². The third kappa shape index (κ3) is 68.6. The lowest BCUT2D eigenvalue weighted by atomic mass is 10.0. The molecule has 6 heteroatoms. The number of esters is 3. The molecule has 1 unspecified atom stereocenters. The van der Waals surface area contributed by atoms with Gasteiger partial charge in [0.1, 0.15) is 13.2 Å². The molecule has 81 heavy (non-hydrogen) atoms. The smallest absolute Gasteiger partial charge is 0.306 e. The summed E-state index contributed by atoms with van der Waals surface area (Å²) in [6.07, 6.45) is 86.4. The minimum Gasteiger partial charge on any atom is -0.462 e. The van der Waals surface area contributed by atoms with Gasteiger partial charge in [0.15, 0.2) is 6.10 Å². The Balaban J connectivity index is 4.30. The number of carbonyl (C=O) groups is 3. The van der Waals surface area contributed by atoms with E-state index in [9.17, 15) is 14.4 Å². The SMILES string of the molecule is CCCCCCCC/C=C\CCCCCCCCCCCC(=O)OCC(COC(=O)CCCCCCCCCCCCC/C=C\CCCCCCCCCC)OC(=O)CCCCCCCCCCCCCCCCCCCCCCC. The van der Waals surface area contributed by atoms with Gasteiger partial charge in [-0.2, -0.15) is 0 Å². The van der Waals surface area contributed by atoms with E-state index in [4.69, 9.17) is 14.2 Å².